The molecule has 25 heavy (non-hydrogen) atoms. The van der Waals surface area contributed by atoms with Gasteiger partial charge < -0.3 is 9.47 Å². The van der Waals surface area contributed by atoms with Gasteiger partial charge in [-0.15, -0.1) is 0 Å². The van der Waals surface area contributed by atoms with Crippen LogP contribution in [0.15, 0.2) is 47.6 Å². The normalized spacial score (nSPS) is 12.5. The molecule has 2 aromatic carbocycles. The van der Waals surface area contributed by atoms with E-state index in [1.54, 1.807) is 20.8 Å². The summed E-state index contributed by atoms with van der Waals surface area (Å²) in [7, 11) is 0. The third-order valence-electron chi connectivity index (χ3n) is 3.73. The van der Waals surface area contributed by atoms with Gasteiger partial charge in [-0.2, -0.15) is 5.10 Å². The Morgan fingerprint density at radius 3 is 2.64 bits per heavy atom. The van der Waals surface area contributed by atoms with Crippen molar-refractivity contribution in [2.75, 3.05) is 13.2 Å². The highest BCUT2D eigenvalue weighted by molar-refractivity contribution is 6.00. The van der Waals surface area contributed by atoms with Crippen LogP contribution in [-0.4, -0.2) is 30.8 Å². The largest absolute Gasteiger partial charge is 0.483 e. The maximum absolute atomic E-state index is 11.9. The highest BCUT2D eigenvalue weighted by atomic mass is 16.5. The molecule has 1 N–H and O–H groups in total. The molecule has 1 atom stereocenters. The van der Waals surface area contributed by atoms with Crippen LogP contribution in [-0.2, 0) is 14.3 Å². The van der Waals surface area contributed by atoms with Crippen molar-refractivity contribution < 1.29 is 19.1 Å². The van der Waals surface area contributed by atoms with Crippen LogP contribution in [0.5, 0.6) is 5.75 Å². The number of carbonyl (C=O) groups excluding carboxylic acids is 2. The number of ether oxygens (including phenoxy) is 2. The number of benzene rings is 2. The summed E-state index contributed by atoms with van der Waals surface area (Å²) in [5.41, 5.74) is 2.86. The molecule has 6 heteroatoms. The minimum Gasteiger partial charge on any atom is -0.483 e. The molecule has 1 amide bonds. The van der Waals surface area contributed by atoms with Crippen molar-refractivity contribution in [3.8, 4) is 5.75 Å². The third-order valence-corrected chi connectivity index (χ3v) is 3.73. The molecule has 0 fully saturated rings. The van der Waals surface area contributed by atoms with Crippen LogP contribution in [0, 0.1) is 5.92 Å². The van der Waals surface area contributed by atoms with Gasteiger partial charge in [0.1, 0.15) is 5.75 Å². The molecule has 1 unspecified atom stereocenters. The van der Waals surface area contributed by atoms with Gasteiger partial charge in [-0.3, -0.25) is 9.59 Å². The molecule has 0 heterocycles. The van der Waals surface area contributed by atoms with Crippen molar-refractivity contribution in [1.29, 1.82) is 0 Å². The Labute approximate surface area is 146 Å². The standard InChI is InChI=1S/C19H22N2O4/c1-4-24-19(23)13(2)14(3)20-21-18(22)12-25-17-11-7-9-15-8-5-6-10-16(15)17/h5-11,13H,4,12H2,1-3H3,(H,21,22). The smallest absolute Gasteiger partial charge is 0.314 e. The average Bonchev–Trinajstić information content (AvgIpc) is 2.63. The number of rotatable bonds is 7. The number of nitrogens with one attached hydrogen (secondary N) is 1. The summed E-state index contributed by atoms with van der Waals surface area (Å²) < 4.78 is 10.5. The van der Waals surface area contributed by atoms with Crippen molar-refractivity contribution in [1.82, 2.24) is 5.43 Å². The van der Waals surface area contributed by atoms with Gasteiger partial charge in [0, 0.05) is 11.1 Å². The number of hydrogen-bond acceptors (Lipinski definition) is 5. The summed E-state index contributed by atoms with van der Waals surface area (Å²) >= 11 is 0. The fraction of sp³-hybridized carbons (Fsp3) is 0.316. The molecular formula is C19H22N2O4. The first-order chi connectivity index (χ1) is 12.0. The number of carbonyl (C=O) groups is 2. The Morgan fingerprint density at radius 1 is 1.16 bits per heavy atom. The van der Waals surface area contributed by atoms with Gasteiger partial charge in [0.2, 0.25) is 0 Å². The van der Waals surface area contributed by atoms with E-state index in [0.29, 0.717) is 18.1 Å². The second-order valence-corrected chi connectivity index (χ2v) is 5.53. The van der Waals surface area contributed by atoms with Gasteiger partial charge in [0.15, 0.2) is 6.61 Å². The summed E-state index contributed by atoms with van der Waals surface area (Å²) in [5.74, 6) is -0.651. The molecular weight excluding hydrogens is 320 g/mol. The molecule has 132 valence electrons. The van der Waals surface area contributed by atoms with Crippen LogP contribution in [0.1, 0.15) is 20.8 Å². The molecule has 0 spiro atoms. The van der Waals surface area contributed by atoms with E-state index in [0.717, 1.165) is 10.8 Å². The summed E-state index contributed by atoms with van der Waals surface area (Å²) in [6.45, 7) is 5.22. The number of hydrazone groups is 1. The van der Waals surface area contributed by atoms with Gasteiger partial charge in [-0.1, -0.05) is 36.4 Å². The predicted octanol–water partition coefficient (Wildman–Crippen LogP) is 2.91. The van der Waals surface area contributed by atoms with Crippen molar-refractivity contribution in [2.24, 2.45) is 11.0 Å². The van der Waals surface area contributed by atoms with Crippen LogP contribution in [0.3, 0.4) is 0 Å². The lowest BCUT2D eigenvalue weighted by Gasteiger charge is -2.11. The van der Waals surface area contributed by atoms with E-state index in [2.05, 4.69) is 10.5 Å². The Hall–Kier alpha value is -2.89. The van der Waals surface area contributed by atoms with Gasteiger partial charge in [0.25, 0.3) is 5.91 Å². The topological polar surface area (TPSA) is 77.0 Å². The fourth-order valence-electron chi connectivity index (χ4n) is 2.18. The maximum atomic E-state index is 11.9. The van der Waals surface area contributed by atoms with Crippen molar-refractivity contribution in [3.05, 3.63) is 42.5 Å². The molecule has 0 aliphatic carbocycles. The van der Waals surface area contributed by atoms with E-state index >= 15 is 0 Å². The van der Waals surface area contributed by atoms with Gasteiger partial charge in [-0.05, 0) is 32.2 Å². The van der Waals surface area contributed by atoms with Crippen molar-refractivity contribution in [2.45, 2.75) is 20.8 Å². The molecule has 0 radical (unpaired) electrons. The molecule has 6 nitrogen and oxygen atoms in total. The molecule has 2 aromatic rings. The Balaban J connectivity index is 1.92. The average molecular weight is 342 g/mol. The zero-order valence-electron chi connectivity index (χ0n) is 14.6. The summed E-state index contributed by atoms with van der Waals surface area (Å²) in [6, 6.07) is 13.4. The summed E-state index contributed by atoms with van der Waals surface area (Å²) in [6.07, 6.45) is 0. The third kappa shape index (κ3) is 5.04. The zero-order chi connectivity index (χ0) is 18.2. The van der Waals surface area contributed by atoms with Crippen LogP contribution >= 0.6 is 0 Å². The number of amides is 1. The van der Waals surface area contributed by atoms with E-state index in [9.17, 15) is 9.59 Å². The van der Waals surface area contributed by atoms with Gasteiger partial charge >= 0.3 is 5.97 Å². The number of esters is 1. The minimum absolute atomic E-state index is 0.168. The number of nitrogens with zero attached hydrogens (tertiary/aromatic N) is 1. The first-order valence-corrected chi connectivity index (χ1v) is 8.13. The van der Waals surface area contributed by atoms with E-state index in [-0.39, 0.29) is 12.6 Å². The summed E-state index contributed by atoms with van der Waals surface area (Å²) in [4.78, 5) is 23.5. The Bertz CT molecular complexity index is 781. The molecule has 0 bridgehead atoms. The lowest BCUT2D eigenvalue weighted by Crippen LogP contribution is -2.28. The second kappa shape index (κ2) is 8.82. The highest BCUT2D eigenvalue weighted by Gasteiger charge is 2.17. The molecule has 0 saturated heterocycles. The summed E-state index contributed by atoms with van der Waals surface area (Å²) in [5, 5.41) is 5.92. The van der Waals surface area contributed by atoms with E-state index < -0.39 is 11.8 Å². The van der Waals surface area contributed by atoms with E-state index in [4.69, 9.17) is 9.47 Å². The van der Waals surface area contributed by atoms with Gasteiger partial charge in [0.05, 0.1) is 12.5 Å². The van der Waals surface area contributed by atoms with E-state index in [1.165, 1.54) is 0 Å². The van der Waals surface area contributed by atoms with E-state index in [1.807, 2.05) is 42.5 Å². The van der Waals surface area contributed by atoms with Crippen LogP contribution in [0.25, 0.3) is 10.8 Å². The monoisotopic (exact) mass is 342 g/mol. The maximum Gasteiger partial charge on any atom is 0.314 e. The molecule has 2 rings (SSSR count). The quantitative estimate of drug-likeness (QED) is 0.477. The fourth-order valence-corrected chi connectivity index (χ4v) is 2.18. The lowest BCUT2D eigenvalue weighted by molar-refractivity contribution is -0.145. The second-order valence-electron chi connectivity index (χ2n) is 5.53. The van der Waals surface area contributed by atoms with Crippen molar-refractivity contribution in [3.63, 3.8) is 0 Å². The van der Waals surface area contributed by atoms with Crippen LogP contribution < -0.4 is 10.2 Å². The minimum atomic E-state index is -0.515. The number of fused-ring (bicyclic) bond motifs is 1. The Morgan fingerprint density at radius 2 is 1.88 bits per heavy atom. The predicted molar refractivity (Wildman–Crippen MR) is 96.5 cm³/mol. The lowest BCUT2D eigenvalue weighted by atomic mass is 10.1. The highest BCUT2D eigenvalue weighted by Crippen LogP contribution is 2.24. The molecule has 0 saturated carbocycles. The van der Waals surface area contributed by atoms with Gasteiger partial charge in [-0.25, -0.2) is 5.43 Å². The molecule has 0 aromatic heterocycles. The van der Waals surface area contributed by atoms with Crippen LogP contribution in [0.4, 0.5) is 0 Å². The molecule has 0 aliphatic heterocycles. The molecule has 0 aliphatic rings. The Kier molecular flexibility index (Phi) is 6.51. The zero-order valence-corrected chi connectivity index (χ0v) is 14.6. The first-order valence-electron chi connectivity index (χ1n) is 8.13. The van der Waals surface area contributed by atoms with Crippen LogP contribution in [0.2, 0.25) is 0 Å². The number of hydrogen-bond donors (Lipinski definition) is 1. The SMILES string of the molecule is CCOC(=O)C(C)C(C)=NNC(=O)COc1cccc2ccccc12. The van der Waals surface area contributed by atoms with Crippen molar-refractivity contribution >= 4 is 28.4 Å². The first kappa shape index (κ1) is 18.4.